The number of piperidine rings is 1. The lowest BCUT2D eigenvalue weighted by Crippen LogP contribution is -2.34. The third-order valence-electron chi connectivity index (χ3n) is 6.54. The maximum Gasteiger partial charge on any atom is 0.416 e. The second-order valence-electron chi connectivity index (χ2n) is 8.76. The molecule has 0 radical (unpaired) electrons. The van der Waals surface area contributed by atoms with E-state index in [1.54, 1.807) is 17.8 Å². The number of aliphatic hydroxyl groups excluding tert-OH is 1. The molecule has 0 amide bonds. The number of fused-ring (bicyclic) bond motifs is 2. The molecule has 1 fully saturated rings. The van der Waals surface area contributed by atoms with Crippen LogP contribution < -0.4 is 4.90 Å². The van der Waals surface area contributed by atoms with E-state index in [-0.39, 0.29) is 6.61 Å². The maximum absolute atomic E-state index is 13.3. The number of para-hydroxylation sites is 1. The molecular weight excluding hydrogens is 433 g/mol. The van der Waals surface area contributed by atoms with Crippen LogP contribution in [0.2, 0.25) is 0 Å². The van der Waals surface area contributed by atoms with Gasteiger partial charge in [-0.2, -0.15) is 13.2 Å². The fourth-order valence-electron chi connectivity index (χ4n) is 4.73. The van der Waals surface area contributed by atoms with Gasteiger partial charge in [-0.05, 0) is 94.4 Å². The van der Waals surface area contributed by atoms with Crippen LogP contribution in [0.25, 0.3) is 0 Å². The molecule has 0 saturated carbocycles. The van der Waals surface area contributed by atoms with E-state index in [4.69, 9.17) is 5.11 Å². The van der Waals surface area contributed by atoms with Crippen molar-refractivity contribution in [3.63, 3.8) is 0 Å². The second-order valence-corrected chi connectivity index (χ2v) is 9.84. The Hall–Kier alpha value is -1.70. The predicted molar refractivity (Wildman–Crippen MR) is 124 cm³/mol. The van der Waals surface area contributed by atoms with Crippen molar-refractivity contribution in [2.45, 2.75) is 54.5 Å². The first-order valence-corrected chi connectivity index (χ1v) is 12.4. The minimum atomic E-state index is -4.34. The van der Waals surface area contributed by atoms with Gasteiger partial charge in [-0.1, -0.05) is 23.9 Å². The molecule has 0 spiro atoms. The topological polar surface area (TPSA) is 26.7 Å². The van der Waals surface area contributed by atoms with Gasteiger partial charge in [-0.15, -0.1) is 0 Å². The first-order valence-electron chi connectivity index (χ1n) is 11.5. The van der Waals surface area contributed by atoms with Crippen LogP contribution in [-0.4, -0.2) is 42.8 Å². The Balaban J connectivity index is 1.37. The summed E-state index contributed by atoms with van der Waals surface area (Å²) in [6.07, 6.45) is 2.04. The molecule has 1 N–H and O–H groups in total. The van der Waals surface area contributed by atoms with E-state index in [0.29, 0.717) is 12.2 Å². The van der Waals surface area contributed by atoms with Gasteiger partial charge in [0.05, 0.1) is 16.9 Å². The summed E-state index contributed by atoms with van der Waals surface area (Å²) in [5.74, 6) is 0.736. The SMILES string of the molecule is OCCCC1CCN(CCCCN2c3ccccc3Sc3ccc(C(F)(F)F)cc32)CC1. The zero-order valence-corrected chi connectivity index (χ0v) is 19.1. The van der Waals surface area contributed by atoms with Crippen LogP contribution in [0.3, 0.4) is 0 Å². The minimum Gasteiger partial charge on any atom is -0.396 e. The van der Waals surface area contributed by atoms with Crippen molar-refractivity contribution < 1.29 is 18.3 Å². The predicted octanol–water partition coefficient (Wildman–Crippen LogP) is 6.57. The number of likely N-dealkylation sites (tertiary alicyclic amines) is 1. The number of nitrogens with zero attached hydrogens (tertiary/aromatic N) is 2. The molecule has 2 aromatic carbocycles. The summed E-state index contributed by atoms with van der Waals surface area (Å²) in [7, 11) is 0. The number of alkyl halides is 3. The molecule has 3 nitrogen and oxygen atoms in total. The van der Waals surface area contributed by atoms with Crippen molar-refractivity contribution in [1.29, 1.82) is 0 Å². The van der Waals surface area contributed by atoms with Gasteiger partial charge in [0.25, 0.3) is 0 Å². The van der Waals surface area contributed by atoms with Crippen LogP contribution in [0.5, 0.6) is 0 Å². The Morgan fingerprint density at radius 2 is 1.62 bits per heavy atom. The lowest BCUT2D eigenvalue weighted by Gasteiger charge is -2.34. The van der Waals surface area contributed by atoms with Gasteiger partial charge in [0.15, 0.2) is 0 Å². The lowest BCUT2D eigenvalue weighted by atomic mass is 9.92. The van der Waals surface area contributed by atoms with Crippen LogP contribution in [0.4, 0.5) is 24.5 Å². The summed E-state index contributed by atoms with van der Waals surface area (Å²) < 4.78 is 40.0. The van der Waals surface area contributed by atoms with E-state index >= 15 is 0 Å². The monoisotopic (exact) mass is 464 g/mol. The minimum absolute atomic E-state index is 0.284. The van der Waals surface area contributed by atoms with Crippen molar-refractivity contribution in [3.8, 4) is 0 Å². The van der Waals surface area contributed by atoms with Gasteiger partial charge in [0.1, 0.15) is 0 Å². The van der Waals surface area contributed by atoms with E-state index in [9.17, 15) is 13.2 Å². The normalized spacial score (nSPS) is 17.3. The molecule has 174 valence electrons. The first-order chi connectivity index (χ1) is 15.5. The highest BCUT2D eigenvalue weighted by molar-refractivity contribution is 7.99. The number of hydrogen-bond donors (Lipinski definition) is 1. The molecule has 2 heterocycles. The van der Waals surface area contributed by atoms with Crippen molar-refractivity contribution in [3.05, 3.63) is 48.0 Å². The molecule has 0 aliphatic carbocycles. The van der Waals surface area contributed by atoms with E-state index in [1.807, 2.05) is 24.3 Å². The van der Waals surface area contributed by atoms with Crippen LogP contribution in [0, 0.1) is 5.92 Å². The van der Waals surface area contributed by atoms with Gasteiger partial charge in [-0.25, -0.2) is 0 Å². The van der Waals surface area contributed by atoms with E-state index in [0.717, 1.165) is 66.7 Å². The number of unbranched alkanes of at least 4 members (excludes halogenated alkanes) is 1. The van der Waals surface area contributed by atoms with Gasteiger partial charge in [-0.3, -0.25) is 0 Å². The van der Waals surface area contributed by atoms with Gasteiger partial charge < -0.3 is 14.9 Å². The Morgan fingerprint density at radius 1 is 0.906 bits per heavy atom. The number of rotatable bonds is 8. The van der Waals surface area contributed by atoms with Crippen LogP contribution >= 0.6 is 11.8 Å². The Morgan fingerprint density at radius 3 is 2.38 bits per heavy atom. The average Bonchev–Trinajstić information content (AvgIpc) is 2.79. The first kappa shape index (κ1) is 23.5. The molecule has 0 bridgehead atoms. The molecule has 7 heteroatoms. The number of benzene rings is 2. The molecule has 0 unspecified atom stereocenters. The highest BCUT2D eigenvalue weighted by Crippen LogP contribution is 2.49. The molecule has 0 atom stereocenters. The van der Waals surface area contributed by atoms with Gasteiger partial charge in [0.2, 0.25) is 0 Å². The Bertz CT molecular complexity index is 897. The molecule has 0 aromatic heterocycles. The standard InChI is InChI=1S/C25H31F3N2OS/c26-25(27,28)20-9-10-24-22(18-20)30(21-7-1-2-8-23(21)32-24)14-4-3-13-29-15-11-19(12-16-29)6-5-17-31/h1-2,7-10,18-19,31H,3-6,11-17H2. The van der Waals surface area contributed by atoms with Crippen molar-refractivity contribution >= 4 is 23.1 Å². The van der Waals surface area contributed by atoms with Crippen LogP contribution in [-0.2, 0) is 6.18 Å². The highest BCUT2D eigenvalue weighted by atomic mass is 32.2. The van der Waals surface area contributed by atoms with Crippen molar-refractivity contribution in [1.82, 2.24) is 4.90 Å². The summed E-state index contributed by atoms with van der Waals surface area (Å²) in [5, 5.41) is 9.01. The van der Waals surface area contributed by atoms with Gasteiger partial charge >= 0.3 is 6.18 Å². The number of aliphatic hydroxyl groups is 1. The summed E-state index contributed by atoms with van der Waals surface area (Å²) in [6.45, 7) is 4.24. The number of anilines is 2. The van der Waals surface area contributed by atoms with E-state index < -0.39 is 11.7 Å². The summed E-state index contributed by atoms with van der Waals surface area (Å²) in [5.41, 5.74) is 1.06. The molecule has 2 aliphatic heterocycles. The van der Waals surface area contributed by atoms with Crippen molar-refractivity contribution in [2.75, 3.05) is 37.7 Å². The Labute approximate surface area is 192 Å². The lowest BCUT2D eigenvalue weighted by molar-refractivity contribution is -0.137. The highest BCUT2D eigenvalue weighted by Gasteiger charge is 2.33. The Kier molecular flexibility index (Phi) is 7.69. The average molecular weight is 465 g/mol. The zero-order valence-electron chi connectivity index (χ0n) is 18.3. The summed E-state index contributed by atoms with van der Waals surface area (Å²) in [4.78, 5) is 6.54. The van der Waals surface area contributed by atoms with Crippen LogP contribution in [0.15, 0.2) is 52.3 Å². The molecule has 2 aromatic rings. The fourth-order valence-corrected chi connectivity index (χ4v) is 5.81. The maximum atomic E-state index is 13.3. The number of halogens is 3. The third kappa shape index (κ3) is 5.61. The van der Waals surface area contributed by atoms with E-state index in [2.05, 4.69) is 9.80 Å². The third-order valence-corrected chi connectivity index (χ3v) is 7.67. The fraction of sp³-hybridized carbons (Fsp3) is 0.520. The quantitative estimate of drug-likeness (QED) is 0.447. The number of hydrogen-bond acceptors (Lipinski definition) is 4. The molecule has 1 saturated heterocycles. The van der Waals surface area contributed by atoms with Crippen LogP contribution in [0.1, 0.15) is 44.1 Å². The zero-order chi connectivity index (χ0) is 22.6. The summed E-state index contributed by atoms with van der Waals surface area (Å²) in [6, 6.07) is 12.1. The molecular formula is C25H31F3N2OS. The van der Waals surface area contributed by atoms with E-state index in [1.165, 1.54) is 25.0 Å². The second kappa shape index (κ2) is 10.5. The van der Waals surface area contributed by atoms with Gasteiger partial charge in [0, 0.05) is 22.9 Å². The molecule has 32 heavy (non-hydrogen) atoms. The van der Waals surface area contributed by atoms with Crippen molar-refractivity contribution in [2.24, 2.45) is 5.92 Å². The smallest absolute Gasteiger partial charge is 0.396 e. The molecule has 4 rings (SSSR count). The largest absolute Gasteiger partial charge is 0.416 e. The summed E-state index contributed by atoms with van der Waals surface area (Å²) >= 11 is 1.54. The molecule has 2 aliphatic rings.